The Kier molecular flexibility index (Phi) is 0.956. The predicted molar refractivity (Wildman–Crippen MR) is 60.8 cm³/mol. The van der Waals surface area contributed by atoms with E-state index in [0.29, 0.717) is 26.8 Å². The fourth-order valence-corrected chi connectivity index (χ4v) is 1.88. The summed E-state index contributed by atoms with van der Waals surface area (Å²) in [6.07, 6.45) is 0. The van der Waals surface area contributed by atoms with Gasteiger partial charge in [-0.2, -0.15) is 0 Å². The van der Waals surface area contributed by atoms with Gasteiger partial charge in [-0.25, -0.2) is 0 Å². The van der Waals surface area contributed by atoms with Gasteiger partial charge in [0.25, 0.3) is 0 Å². The third kappa shape index (κ3) is 0.962. The minimum Gasteiger partial charge on any atom is -0.354 e. The number of hydrogen-bond acceptors (Lipinski definition) is 0. The first-order valence-corrected chi connectivity index (χ1v) is 4.56. The molecule has 68 valence electrons. The van der Waals surface area contributed by atoms with Crippen molar-refractivity contribution in [3.63, 3.8) is 0 Å². The van der Waals surface area contributed by atoms with Crippen molar-refractivity contribution in [1.29, 1.82) is 0 Å². The van der Waals surface area contributed by atoms with Crippen molar-refractivity contribution < 1.29 is 5.48 Å². The third-order valence-electron chi connectivity index (χ3n) is 2.21. The average Bonchev–Trinajstić information content (AvgIpc) is 2.75. The lowest BCUT2D eigenvalue weighted by molar-refractivity contribution is 1.55. The number of para-hydroxylation sites is 1. The van der Waals surface area contributed by atoms with Gasteiger partial charge in [0.05, 0.1) is 10.5 Å². The van der Waals surface area contributed by atoms with Crippen LogP contribution in [0.2, 0.25) is 5.02 Å². The molecule has 0 bridgehead atoms. The molecule has 1 nitrogen and oxygen atoms in total. The maximum Gasteiger partial charge on any atom is 0.0645 e. The predicted octanol–water partition coefficient (Wildman–Crippen LogP) is 3.97. The van der Waals surface area contributed by atoms with Crippen molar-refractivity contribution in [2.75, 3.05) is 0 Å². The fraction of sp³-hybridized carbons (Fsp3) is 0. The van der Waals surface area contributed by atoms with E-state index in [9.17, 15) is 0 Å². The Morgan fingerprint density at radius 2 is 2.00 bits per heavy atom. The van der Waals surface area contributed by atoms with Gasteiger partial charge in [0, 0.05) is 21.8 Å². The molecule has 3 aromatic rings. The summed E-state index contributed by atoms with van der Waals surface area (Å²) < 4.78 is 31.2. The molecule has 0 fully saturated rings. The summed E-state index contributed by atoms with van der Waals surface area (Å²) in [5.41, 5.74) is 1.11. The molecule has 0 radical (unpaired) electrons. The molecule has 1 aromatic heterocycles. The Bertz CT molecular complexity index is 794. The molecule has 1 heterocycles. The van der Waals surface area contributed by atoms with Crippen LogP contribution in [0.1, 0.15) is 5.48 Å². The van der Waals surface area contributed by atoms with Crippen LogP contribution in [-0.4, -0.2) is 4.98 Å². The van der Waals surface area contributed by atoms with Gasteiger partial charge in [0.1, 0.15) is 0 Å². The molecule has 0 amide bonds. The van der Waals surface area contributed by atoms with Gasteiger partial charge in [0.15, 0.2) is 0 Å². The summed E-state index contributed by atoms with van der Waals surface area (Å²) in [5.74, 6) is 0. The van der Waals surface area contributed by atoms with Crippen molar-refractivity contribution >= 4 is 33.4 Å². The summed E-state index contributed by atoms with van der Waals surface area (Å²) >= 11 is 6.12. The zero-order chi connectivity index (χ0) is 13.0. The van der Waals surface area contributed by atoms with E-state index < -0.39 is 0 Å². The van der Waals surface area contributed by atoms with E-state index in [1.165, 1.54) is 0 Å². The highest BCUT2D eigenvalue weighted by Gasteiger charge is 2.05. The molecular weight excluding hydrogens is 194 g/mol. The summed E-state index contributed by atoms with van der Waals surface area (Å²) in [6.45, 7) is 0. The number of fused-ring (bicyclic) bond motifs is 3. The van der Waals surface area contributed by atoms with Gasteiger partial charge in [-0.3, -0.25) is 0 Å². The standard InChI is InChI=1S/C12H8ClN/c13-9-5-3-7-11-12(9)8-4-1-2-6-10(8)14-11/h1-7,14H/i1D,2D,4D,6D. The molecule has 1 N–H and O–H groups in total. The maximum absolute atomic E-state index is 7.95. The summed E-state index contributed by atoms with van der Waals surface area (Å²) in [7, 11) is 0. The van der Waals surface area contributed by atoms with Gasteiger partial charge in [0.2, 0.25) is 0 Å². The van der Waals surface area contributed by atoms with E-state index in [4.69, 9.17) is 17.1 Å². The lowest BCUT2D eigenvalue weighted by atomic mass is 10.1. The van der Waals surface area contributed by atoms with E-state index in [-0.39, 0.29) is 24.2 Å². The van der Waals surface area contributed by atoms with E-state index in [0.717, 1.165) is 0 Å². The molecule has 0 atom stereocenters. The Hall–Kier alpha value is -1.47. The second-order valence-electron chi connectivity index (χ2n) is 3.04. The minimum atomic E-state index is -0.242. The molecule has 0 saturated carbocycles. The van der Waals surface area contributed by atoms with Crippen LogP contribution in [0.25, 0.3) is 21.8 Å². The summed E-state index contributed by atoms with van der Waals surface area (Å²) in [6, 6.07) is 4.66. The van der Waals surface area contributed by atoms with Crippen LogP contribution >= 0.6 is 11.6 Å². The number of rotatable bonds is 0. The number of benzene rings is 2. The highest BCUT2D eigenvalue weighted by Crippen LogP contribution is 2.30. The highest BCUT2D eigenvalue weighted by molar-refractivity contribution is 6.37. The Labute approximate surface area is 91.9 Å². The van der Waals surface area contributed by atoms with Crippen LogP contribution in [0.5, 0.6) is 0 Å². The van der Waals surface area contributed by atoms with Crippen LogP contribution in [0.4, 0.5) is 0 Å². The Balaban J connectivity index is 2.69. The van der Waals surface area contributed by atoms with Gasteiger partial charge >= 0.3 is 0 Å². The van der Waals surface area contributed by atoms with Gasteiger partial charge in [-0.05, 0) is 18.2 Å². The lowest BCUT2D eigenvalue weighted by Crippen LogP contribution is -1.67. The number of hydrogen-bond donors (Lipinski definition) is 1. The van der Waals surface area contributed by atoms with Crippen molar-refractivity contribution in [3.8, 4) is 0 Å². The average molecular weight is 206 g/mol. The third-order valence-corrected chi connectivity index (χ3v) is 2.53. The molecule has 2 aromatic carbocycles. The van der Waals surface area contributed by atoms with Crippen LogP contribution in [0.15, 0.2) is 42.4 Å². The Morgan fingerprint density at radius 3 is 2.93 bits per heavy atom. The smallest absolute Gasteiger partial charge is 0.0645 e. The molecule has 0 unspecified atom stereocenters. The van der Waals surface area contributed by atoms with Gasteiger partial charge in [-0.15, -0.1) is 0 Å². The molecule has 0 aliphatic heterocycles. The molecule has 0 spiro atoms. The first-order chi connectivity index (χ1) is 8.52. The maximum atomic E-state index is 7.95. The second kappa shape index (κ2) is 2.76. The van der Waals surface area contributed by atoms with E-state index in [1.54, 1.807) is 18.2 Å². The van der Waals surface area contributed by atoms with Gasteiger partial charge < -0.3 is 4.98 Å². The zero-order valence-corrected chi connectivity index (χ0v) is 7.87. The summed E-state index contributed by atoms with van der Waals surface area (Å²) in [5, 5.41) is 1.56. The van der Waals surface area contributed by atoms with Crippen LogP contribution < -0.4 is 0 Å². The number of nitrogens with one attached hydrogen (secondary N) is 1. The molecule has 0 aliphatic carbocycles. The number of H-pyrrole nitrogens is 1. The molecule has 2 heteroatoms. The molecular formula is C12H8ClN. The number of aromatic nitrogens is 1. The SMILES string of the molecule is [2H]c1c([2H])c([2H])c2c([nH]c3cccc(Cl)c32)c1[2H]. The zero-order valence-electron chi connectivity index (χ0n) is 11.1. The van der Waals surface area contributed by atoms with Gasteiger partial charge in [-0.1, -0.05) is 35.8 Å². The van der Waals surface area contributed by atoms with E-state index in [2.05, 4.69) is 4.98 Å². The molecule has 0 aliphatic rings. The normalized spacial score (nSPS) is 15.2. The largest absolute Gasteiger partial charge is 0.354 e. The first kappa shape index (κ1) is 4.85. The van der Waals surface area contributed by atoms with E-state index in [1.807, 2.05) is 0 Å². The molecule has 0 saturated heterocycles. The number of aromatic amines is 1. The quantitative estimate of drug-likeness (QED) is 0.572. The van der Waals surface area contributed by atoms with Crippen molar-refractivity contribution in [2.24, 2.45) is 0 Å². The highest BCUT2D eigenvalue weighted by atomic mass is 35.5. The van der Waals surface area contributed by atoms with Crippen molar-refractivity contribution in [1.82, 2.24) is 4.98 Å². The van der Waals surface area contributed by atoms with Crippen LogP contribution in [0, 0.1) is 0 Å². The minimum absolute atomic E-state index is 0.0645. The van der Waals surface area contributed by atoms with Crippen LogP contribution in [0.3, 0.4) is 0 Å². The monoisotopic (exact) mass is 205 g/mol. The number of halogens is 1. The fourth-order valence-electron chi connectivity index (χ4n) is 1.61. The first-order valence-electron chi connectivity index (χ1n) is 6.18. The van der Waals surface area contributed by atoms with Crippen LogP contribution in [-0.2, 0) is 0 Å². The van der Waals surface area contributed by atoms with E-state index >= 15 is 0 Å². The molecule has 3 rings (SSSR count). The van der Waals surface area contributed by atoms with Crippen molar-refractivity contribution in [2.45, 2.75) is 0 Å². The van der Waals surface area contributed by atoms with Crippen molar-refractivity contribution in [3.05, 3.63) is 47.4 Å². The molecule has 14 heavy (non-hydrogen) atoms. The summed E-state index contributed by atoms with van der Waals surface area (Å²) in [4.78, 5) is 3.00. The second-order valence-corrected chi connectivity index (χ2v) is 3.44. The lowest BCUT2D eigenvalue weighted by Gasteiger charge is -1.93. The topological polar surface area (TPSA) is 15.8 Å². The Morgan fingerprint density at radius 1 is 1.14 bits per heavy atom.